The molecule has 0 radical (unpaired) electrons. The molecule has 1 atom stereocenters. The number of carbonyl (C=O) groups excluding carboxylic acids is 3. The largest absolute Gasteiger partial charge is 0.329 e. The van der Waals surface area contributed by atoms with Gasteiger partial charge in [0.2, 0.25) is 11.8 Å². The van der Waals surface area contributed by atoms with Gasteiger partial charge in [0, 0.05) is 37.2 Å². The summed E-state index contributed by atoms with van der Waals surface area (Å²) in [4.78, 5) is 40.0. The molecule has 0 aromatic heterocycles. The molecule has 1 saturated heterocycles. The van der Waals surface area contributed by atoms with Crippen LogP contribution in [0.25, 0.3) is 0 Å². The molecular weight excluding hydrogens is 332 g/mol. The molecule has 138 valence electrons. The van der Waals surface area contributed by atoms with E-state index >= 15 is 0 Å². The fourth-order valence-corrected chi connectivity index (χ4v) is 4.05. The number of nitrogens with zero attached hydrogens (tertiary/aromatic N) is 2. The number of fused-ring (bicyclic) bond motifs is 1. The molecule has 3 N–H and O–H groups in total. The van der Waals surface area contributed by atoms with Gasteiger partial charge in [0.15, 0.2) is 0 Å². The van der Waals surface area contributed by atoms with Crippen molar-refractivity contribution in [3.63, 3.8) is 0 Å². The third kappa shape index (κ3) is 2.81. The Morgan fingerprint density at radius 2 is 2.08 bits per heavy atom. The molecule has 2 fully saturated rings. The van der Waals surface area contributed by atoms with Gasteiger partial charge in [-0.1, -0.05) is 12.1 Å². The molecule has 1 saturated carbocycles. The highest BCUT2D eigenvalue weighted by molar-refractivity contribution is 6.05. The van der Waals surface area contributed by atoms with E-state index in [1.165, 1.54) is 0 Å². The van der Waals surface area contributed by atoms with E-state index in [-0.39, 0.29) is 29.7 Å². The van der Waals surface area contributed by atoms with E-state index in [1.807, 2.05) is 12.1 Å². The van der Waals surface area contributed by atoms with Gasteiger partial charge in [-0.2, -0.15) is 0 Å². The highest BCUT2D eigenvalue weighted by Crippen LogP contribution is 2.40. The molecule has 1 aliphatic carbocycles. The van der Waals surface area contributed by atoms with Crippen molar-refractivity contribution in [1.82, 2.24) is 15.1 Å². The fourth-order valence-electron chi connectivity index (χ4n) is 4.05. The molecule has 0 spiro atoms. The molecular formula is C19H24N4O3. The summed E-state index contributed by atoms with van der Waals surface area (Å²) < 4.78 is 0. The first-order valence-electron chi connectivity index (χ1n) is 9.11. The van der Waals surface area contributed by atoms with Gasteiger partial charge in [0.1, 0.15) is 6.04 Å². The van der Waals surface area contributed by atoms with Gasteiger partial charge >= 0.3 is 0 Å². The maximum Gasteiger partial charge on any atom is 0.255 e. The summed E-state index contributed by atoms with van der Waals surface area (Å²) >= 11 is 0. The Bertz CT molecular complexity index is 787. The Hall–Kier alpha value is -2.25. The molecule has 2 heterocycles. The number of carbonyl (C=O) groups is 3. The Kier molecular flexibility index (Phi) is 4.08. The first-order chi connectivity index (χ1) is 12.4. The lowest BCUT2D eigenvalue weighted by atomic mass is 10.0. The number of hydrogen-bond acceptors (Lipinski definition) is 5. The van der Waals surface area contributed by atoms with E-state index < -0.39 is 6.04 Å². The fraction of sp³-hybridized carbons (Fsp3) is 0.526. The minimum atomic E-state index is -0.564. The Labute approximate surface area is 152 Å². The predicted octanol–water partition coefficient (Wildman–Crippen LogP) is 0.371. The Morgan fingerprint density at radius 3 is 2.73 bits per heavy atom. The highest BCUT2D eigenvalue weighted by atomic mass is 16.2. The summed E-state index contributed by atoms with van der Waals surface area (Å²) in [5, 5.41) is 2.33. The molecule has 3 amide bonds. The Morgan fingerprint density at radius 1 is 1.31 bits per heavy atom. The zero-order chi connectivity index (χ0) is 18.5. The molecule has 2 aliphatic heterocycles. The maximum absolute atomic E-state index is 12.7. The van der Waals surface area contributed by atoms with Gasteiger partial charge in [-0.3, -0.25) is 24.6 Å². The number of nitrogens with two attached hydrogens (primary N) is 1. The van der Waals surface area contributed by atoms with Crippen LogP contribution in [0.1, 0.15) is 47.2 Å². The molecule has 0 bridgehead atoms. The first-order valence-corrected chi connectivity index (χ1v) is 9.11. The summed E-state index contributed by atoms with van der Waals surface area (Å²) in [5.74, 6) is -0.773. The quantitative estimate of drug-likeness (QED) is 0.743. The van der Waals surface area contributed by atoms with Crippen LogP contribution in [-0.4, -0.2) is 52.7 Å². The number of likely N-dealkylation sites (N-methyl/N-ethyl adjacent to an activating group) is 1. The topological polar surface area (TPSA) is 95.7 Å². The standard InChI is InChI=1S/C19H24N4O3/c1-22(19(11-20)6-7-19)9-12-2-3-14-13(8-12)10-23(18(14)26)15-4-5-16(24)21-17(15)25/h2-3,8,15H,4-7,9-11,20H2,1H3,(H,21,24,25). The average molecular weight is 356 g/mol. The van der Waals surface area contributed by atoms with E-state index in [0.29, 0.717) is 25.1 Å². The van der Waals surface area contributed by atoms with E-state index in [0.717, 1.165) is 30.5 Å². The number of nitrogens with one attached hydrogen (secondary N) is 1. The SMILES string of the molecule is CN(Cc1ccc2c(c1)CN(C1CCC(=O)NC1=O)C2=O)C1(CN)CC1. The van der Waals surface area contributed by atoms with Crippen molar-refractivity contribution in [2.24, 2.45) is 5.73 Å². The zero-order valence-electron chi connectivity index (χ0n) is 15.0. The van der Waals surface area contributed by atoms with Crippen LogP contribution in [0.2, 0.25) is 0 Å². The number of benzene rings is 1. The van der Waals surface area contributed by atoms with Crippen LogP contribution in [0, 0.1) is 0 Å². The molecule has 1 unspecified atom stereocenters. The molecule has 4 rings (SSSR count). The minimum absolute atomic E-state index is 0.130. The van der Waals surface area contributed by atoms with Crippen LogP contribution < -0.4 is 11.1 Å². The van der Waals surface area contributed by atoms with Crippen LogP contribution in [0.5, 0.6) is 0 Å². The van der Waals surface area contributed by atoms with Crippen molar-refractivity contribution < 1.29 is 14.4 Å². The number of rotatable bonds is 5. The van der Waals surface area contributed by atoms with Crippen LogP contribution in [-0.2, 0) is 22.7 Å². The van der Waals surface area contributed by atoms with Crippen molar-refractivity contribution in [2.75, 3.05) is 13.6 Å². The number of piperidine rings is 1. The third-order valence-corrected chi connectivity index (χ3v) is 6.02. The number of hydrogen-bond donors (Lipinski definition) is 2. The zero-order valence-corrected chi connectivity index (χ0v) is 15.0. The number of imide groups is 1. The van der Waals surface area contributed by atoms with Crippen molar-refractivity contribution in [3.05, 3.63) is 34.9 Å². The van der Waals surface area contributed by atoms with Crippen molar-refractivity contribution in [3.8, 4) is 0 Å². The normalized spacial score (nSPS) is 24.0. The molecule has 7 heteroatoms. The molecule has 3 aliphatic rings. The first kappa shape index (κ1) is 17.2. The summed E-state index contributed by atoms with van der Waals surface area (Å²) in [6.07, 6.45) is 2.92. The van der Waals surface area contributed by atoms with Gasteiger partial charge in [0.05, 0.1) is 0 Å². The van der Waals surface area contributed by atoms with Crippen LogP contribution in [0.3, 0.4) is 0 Å². The second-order valence-corrected chi connectivity index (χ2v) is 7.68. The summed E-state index contributed by atoms with van der Waals surface area (Å²) in [7, 11) is 2.09. The average Bonchev–Trinajstić information content (AvgIpc) is 3.35. The maximum atomic E-state index is 12.7. The van der Waals surface area contributed by atoms with E-state index in [9.17, 15) is 14.4 Å². The van der Waals surface area contributed by atoms with E-state index in [2.05, 4.69) is 23.3 Å². The summed E-state index contributed by atoms with van der Waals surface area (Å²) in [6.45, 7) is 1.87. The van der Waals surface area contributed by atoms with Gasteiger partial charge in [0.25, 0.3) is 5.91 Å². The van der Waals surface area contributed by atoms with Crippen LogP contribution in [0.4, 0.5) is 0 Å². The second kappa shape index (κ2) is 6.17. The van der Waals surface area contributed by atoms with Crippen LogP contribution in [0.15, 0.2) is 18.2 Å². The van der Waals surface area contributed by atoms with Gasteiger partial charge in [-0.15, -0.1) is 0 Å². The second-order valence-electron chi connectivity index (χ2n) is 7.68. The molecule has 26 heavy (non-hydrogen) atoms. The predicted molar refractivity (Wildman–Crippen MR) is 95.0 cm³/mol. The summed E-state index contributed by atoms with van der Waals surface area (Å²) in [5.41, 5.74) is 8.78. The Balaban J connectivity index is 1.50. The van der Waals surface area contributed by atoms with Crippen molar-refractivity contribution in [1.29, 1.82) is 0 Å². The van der Waals surface area contributed by atoms with Crippen molar-refractivity contribution in [2.45, 2.75) is 50.4 Å². The smallest absolute Gasteiger partial charge is 0.255 e. The number of amides is 3. The minimum Gasteiger partial charge on any atom is -0.329 e. The lowest BCUT2D eigenvalue weighted by molar-refractivity contribution is -0.136. The summed E-state index contributed by atoms with van der Waals surface area (Å²) in [6, 6.07) is 5.33. The highest BCUT2D eigenvalue weighted by Gasteiger charge is 2.45. The van der Waals surface area contributed by atoms with Gasteiger partial charge in [-0.25, -0.2) is 0 Å². The van der Waals surface area contributed by atoms with Gasteiger partial charge < -0.3 is 10.6 Å². The molecule has 1 aromatic carbocycles. The van der Waals surface area contributed by atoms with Gasteiger partial charge in [-0.05, 0) is 43.5 Å². The monoisotopic (exact) mass is 356 g/mol. The van der Waals surface area contributed by atoms with Crippen molar-refractivity contribution >= 4 is 17.7 Å². The van der Waals surface area contributed by atoms with Crippen LogP contribution >= 0.6 is 0 Å². The molecule has 7 nitrogen and oxygen atoms in total. The third-order valence-electron chi connectivity index (χ3n) is 6.02. The lowest BCUT2D eigenvalue weighted by Crippen LogP contribution is -2.52. The van der Waals surface area contributed by atoms with E-state index in [1.54, 1.807) is 4.90 Å². The lowest BCUT2D eigenvalue weighted by Gasteiger charge is -2.29. The molecule has 1 aromatic rings. The van der Waals surface area contributed by atoms with E-state index in [4.69, 9.17) is 5.73 Å².